The second-order valence-corrected chi connectivity index (χ2v) is 4.45. The maximum atomic E-state index is 11.9. The molecule has 0 aliphatic rings. The largest absolute Gasteiger partial charge is 0.389 e. The quantitative estimate of drug-likeness (QED) is 0.819. The van der Waals surface area contributed by atoms with Gasteiger partial charge in [-0.05, 0) is 19.8 Å². The third-order valence-electron chi connectivity index (χ3n) is 2.59. The summed E-state index contributed by atoms with van der Waals surface area (Å²) in [6.45, 7) is 2.57. The Morgan fingerprint density at radius 1 is 1.44 bits per heavy atom. The third-order valence-corrected chi connectivity index (χ3v) is 2.59. The van der Waals surface area contributed by atoms with Gasteiger partial charge in [-0.1, -0.05) is 0 Å². The van der Waals surface area contributed by atoms with E-state index in [1.54, 1.807) is 18.1 Å². The Hall–Kier alpha value is -1.11. The predicted octanol–water partition coefficient (Wildman–Crippen LogP) is 2.07. The van der Waals surface area contributed by atoms with Crippen LogP contribution in [0.15, 0.2) is 6.33 Å². The van der Waals surface area contributed by atoms with Gasteiger partial charge in [0.25, 0.3) is 0 Å². The lowest BCUT2D eigenvalue weighted by molar-refractivity contribution is -0.135. The minimum Gasteiger partial charge on any atom is -0.314 e. The lowest BCUT2D eigenvalue weighted by Crippen LogP contribution is -2.28. The fourth-order valence-electron chi connectivity index (χ4n) is 1.64. The highest BCUT2D eigenvalue weighted by atomic mass is 19.4. The van der Waals surface area contributed by atoms with Gasteiger partial charge in [-0.25, -0.2) is 4.98 Å². The molecule has 7 heteroatoms. The monoisotopic (exact) mass is 264 g/mol. The first-order valence-electron chi connectivity index (χ1n) is 6.01. The van der Waals surface area contributed by atoms with Gasteiger partial charge < -0.3 is 5.32 Å². The standard InChI is InChI=1S/C11H19F3N4/c1-9(4-3-6-11(12,13)14)15-7-5-10-16-8-18(2)17-10/h8-9,15H,3-7H2,1-2H3. The van der Waals surface area contributed by atoms with E-state index in [1.807, 2.05) is 6.92 Å². The zero-order valence-corrected chi connectivity index (χ0v) is 10.7. The molecule has 0 aliphatic heterocycles. The maximum Gasteiger partial charge on any atom is 0.389 e. The summed E-state index contributed by atoms with van der Waals surface area (Å²) in [5.41, 5.74) is 0. The van der Waals surface area contributed by atoms with Crippen LogP contribution in [0.25, 0.3) is 0 Å². The topological polar surface area (TPSA) is 42.7 Å². The first-order valence-corrected chi connectivity index (χ1v) is 6.01. The van der Waals surface area contributed by atoms with Crippen LogP contribution < -0.4 is 5.32 Å². The van der Waals surface area contributed by atoms with E-state index >= 15 is 0 Å². The number of alkyl halides is 3. The van der Waals surface area contributed by atoms with Crippen molar-refractivity contribution in [3.05, 3.63) is 12.2 Å². The lowest BCUT2D eigenvalue weighted by atomic mass is 10.1. The number of nitrogens with one attached hydrogen (secondary N) is 1. The van der Waals surface area contributed by atoms with Crippen molar-refractivity contribution >= 4 is 0 Å². The summed E-state index contributed by atoms with van der Waals surface area (Å²) in [4.78, 5) is 4.07. The molecule has 1 heterocycles. The summed E-state index contributed by atoms with van der Waals surface area (Å²) in [6.07, 6.45) is -1.75. The van der Waals surface area contributed by atoms with Gasteiger partial charge in [0, 0.05) is 32.5 Å². The first-order chi connectivity index (χ1) is 8.37. The third kappa shape index (κ3) is 6.58. The van der Waals surface area contributed by atoms with Gasteiger partial charge in [-0.2, -0.15) is 18.3 Å². The fraction of sp³-hybridized carbons (Fsp3) is 0.818. The number of hydrogen-bond acceptors (Lipinski definition) is 3. The van der Waals surface area contributed by atoms with Crippen molar-refractivity contribution in [2.24, 2.45) is 7.05 Å². The van der Waals surface area contributed by atoms with E-state index < -0.39 is 12.6 Å². The van der Waals surface area contributed by atoms with Crippen LogP contribution in [-0.4, -0.2) is 33.5 Å². The van der Waals surface area contributed by atoms with Crippen molar-refractivity contribution in [2.75, 3.05) is 6.54 Å². The highest BCUT2D eigenvalue weighted by Crippen LogP contribution is 2.22. The number of hydrogen-bond donors (Lipinski definition) is 1. The summed E-state index contributed by atoms with van der Waals surface area (Å²) in [6, 6.07) is 0.0797. The number of rotatable bonds is 7. The predicted molar refractivity (Wildman–Crippen MR) is 62.1 cm³/mol. The van der Waals surface area contributed by atoms with E-state index in [9.17, 15) is 13.2 Å². The molecule has 0 fully saturated rings. The summed E-state index contributed by atoms with van der Waals surface area (Å²) >= 11 is 0. The molecule has 104 valence electrons. The van der Waals surface area contributed by atoms with Gasteiger partial charge in [-0.3, -0.25) is 4.68 Å². The average Bonchev–Trinajstić information content (AvgIpc) is 2.62. The molecule has 0 radical (unpaired) electrons. The Morgan fingerprint density at radius 3 is 2.72 bits per heavy atom. The van der Waals surface area contributed by atoms with Gasteiger partial charge in [0.05, 0.1) is 0 Å². The number of nitrogens with zero attached hydrogens (tertiary/aromatic N) is 3. The van der Waals surface area contributed by atoms with Crippen molar-refractivity contribution in [2.45, 2.75) is 44.8 Å². The molecule has 0 saturated carbocycles. The summed E-state index contributed by atoms with van der Waals surface area (Å²) in [5.74, 6) is 0.743. The van der Waals surface area contributed by atoms with Crippen LogP contribution in [0.3, 0.4) is 0 Å². The Morgan fingerprint density at radius 2 is 2.17 bits per heavy atom. The Labute approximate surface area is 105 Å². The molecule has 1 aromatic rings. The summed E-state index contributed by atoms with van der Waals surface area (Å²) in [5, 5.41) is 7.29. The van der Waals surface area contributed by atoms with Crippen molar-refractivity contribution in [3.63, 3.8) is 0 Å². The van der Waals surface area contributed by atoms with Gasteiger partial charge in [0.15, 0.2) is 5.82 Å². The molecule has 0 saturated heterocycles. The summed E-state index contributed by atoms with van der Waals surface area (Å²) in [7, 11) is 1.80. The maximum absolute atomic E-state index is 11.9. The fourth-order valence-corrected chi connectivity index (χ4v) is 1.64. The Balaban J connectivity index is 2.08. The average molecular weight is 264 g/mol. The second-order valence-electron chi connectivity index (χ2n) is 4.45. The molecule has 0 amide bonds. The smallest absolute Gasteiger partial charge is 0.314 e. The van der Waals surface area contributed by atoms with Crippen molar-refractivity contribution < 1.29 is 13.2 Å². The van der Waals surface area contributed by atoms with Gasteiger partial charge in [0.1, 0.15) is 6.33 Å². The van der Waals surface area contributed by atoms with Crippen LogP contribution in [0.2, 0.25) is 0 Å². The zero-order valence-electron chi connectivity index (χ0n) is 10.7. The molecule has 1 aromatic heterocycles. The van der Waals surface area contributed by atoms with Crippen LogP contribution in [0.1, 0.15) is 32.0 Å². The van der Waals surface area contributed by atoms with E-state index in [2.05, 4.69) is 15.4 Å². The van der Waals surface area contributed by atoms with E-state index in [0.717, 1.165) is 5.82 Å². The van der Waals surface area contributed by atoms with Crippen LogP contribution in [0.5, 0.6) is 0 Å². The Bertz CT molecular complexity index is 348. The van der Waals surface area contributed by atoms with E-state index in [-0.39, 0.29) is 12.5 Å². The molecule has 0 bridgehead atoms. The highest BCUT2D eigenvalue weighted by Gasteiger charge is 2.26. The molecule has 18 heavy (non-hydrogen) atoms. The van der Waals surface area contributed by atoms with Crippen molar-refractivity contribution in [1.29, 1.82) is 0 Å². The normalized spacial score (nSPS) is 13.8. The summed E-state index contributed by atoms with van der Waals surface area (Å²) < 4.78 is 37.5. The molecule has 1 rings (SSSR count). The number of aromatic nitrogens is 3. The SMILES string of the molecule is CC(CCCC(F)(F)F)NCCc1ncn(C)n1. The highest BCUT2D eigenvalue weighted by molar-refractivity contribution is 4.82. The Kier molecular flexibility index (Phi) is 5.58. The molecule has 4 nitrogen and oxygen atoms in total. The van der Waals surface area contributed by atoms with Crippen molar-refractivity contribution in [1.82, 2.24) is 20.1 Å². The molecular formula is C11H19F3N4. The molecule has 1 N–H and O–H groups in total. The molecular weight excluding hydrogens is 245 g/mol. The van der Waals surface area contributed by atoms with Gasteiger partial charge in [-0.15, -0.1) is 0 Å². The lowest BCUT2D eigenvalue weighted by Gasteiger charge is -2.13. The molecule has 0 spiro atoms. The van der Waals surface area contributed by atoms with E-state index in [1.165, 1.54) is 0 Å². The van der Waals surface area contributed by atoms with Crippen LogP contribution >= 0.6 is 0 Å². The van der Waals surface area contributed by atoms with Crippen LogP contribution in [0, 0.1) is 0 Å². The zero-order chi connectivity index (χ0) is 13.6. The number of halogens is 3. The molecule has 0 aliphatic carbocycles. The number of aryl methyl sites for hydroxylation is 1. The van der Waals surface area contributed by atoms with Crippen LogP contribution in [-0.2, 0) is 13.5 Å². The van der Waals surface area contributed by atoms with Crippen molar-refractivity contribution in [3.8, 4) is 0 Å². The van der Waals surface area contributed by atoms with Gasteiger partial charge >= 0.3 is 6.18 Å². The minimum atomic E-state index is -4.04. The van der Waals surface area contributed by atoms with E-state index in [0.29, 0.717) is 19.4 Å². The van der Waals surface area contributed by atoms with Crippen LogP contribution in [0.4, 0.5) is 13.2 Å². The minimum absolute atomic E-state index is 0.0797. The first kappa shape index (κ1) is 14.9. The molecule has 1 atom stereocenters. The van der Waals surface area contributed by atoms with E-state index in [4.69, 9.17) is 0 Å². The van der Waals surface area contributed by atoms with Gasteiger partial charge in [0.2, 0.25) is 0 Å². The second kappa shape index (κ2) is 6.72. The molecule has 1 unspecified atom stereocenters. The molecule has 0 aromatic carbocycles.